The molecule has 0 aliphatic rings. The molecule has 0 fully saturated rings. The molecule has 200 valence electrons. The first-order valence-electron chi connectivity index (χ1n) is 10.9. The molecular weight excluding hydrogens is 569 g/mol. The predicted molar refractivity (Wildman–Crippen MR) is 138 cm³/mol. The van der Waals surface area contributed by atoms with Crippen LogP contribution in [0.5, 0.6) is 0 Å². The molecule has 2 aromatic heterocycles. The molecule has 0 amide bonds. The van der Waals surface area contributed by atoms with Gasteiger partial charge in [-0.2, -0.15) is 0 Å². The lowest BCUT2D eigenvalue weighted by molar-refractivity contribution is -0.140. The molecule has 0 spiro atoms. The van der Waals surface area contributed by atoms with E-state index in [-0.39, 0.29) is 36.1 Å². The van der Waals surface area contributed by atoms with E-state index in [1.54, 1.807) is 30.3 Å². The van der Waals surface area contributed by atoms with Crippen molar-refractivity contribution in [1.82, 2.24) is 0 Å². The van der Waals surface area contributed by atoms with Gasteiger partial charge in [-0.25, -0.2) is 8.78 Å². The lowest BCUT2D eigenvalue weighted by atomic mass is 9.88. The maximum Gasteiger partial charge on any atom is 0.526 e. The number of carbonyl (C=O) groups excluding carboxylic acids is 2. The number of hydrogen-bond acceptors (Lipinski definition) is 8. The van der Waals surface area contributed by atoms with E-state index in [0.717, 1.165) is 0 Å². The maximum atomic E-state index is 13.2. The van der Waals surface area contributed by atoms with Gasteiger partial charge < -0.3 is 28.4 Å². The highest BCUT2D eigenvalue weighted by molar-refractivity contribution is 9.10. The zero-order valence-corrected chi connectivity index (χ0v) is 22.0. The summed E-state index contributed by atoms with van der Waals surface area (Å²) in [6.45, 7) is 0. The molecule has 0 saturated carbocycles. The summed E-state index contributed by atoms with van der Waals surface area (Å²) in [6, 6.07) is 15.0. The van der Waals surface area contributed by atoms with Crippen molar-refractivity contribution in [3.05, 3.63) is 100 Å². The number of carbonyl (C=O) groups is 2. The van der Waals surface area contributed by atoms with Gasteiger partial charge in [0, 0.05) is 10.0 Å². The highest BCUT2D eigenvalue weighted by Gasteiger charge is 2.13. The van der Waals surface area contributed by atoms with Crippen molar-refractivity contribution in [2.45, 2.75) is 12.8 Å². The zero-order chi connectivity index (χ0) is 28.1. The molecule has 4 aromatic rings. The molecule has 0 radical (unpaired) electrons. The van der Waals surface area contributed by atoms with Crippen molar-refractivity contribution in [1.29, 1.82) is 0 Å². The third-order valence-corrected chi connectivity index (χ3v) is 5.56. The highest BCUT2D eigenvalue weighted by Crippen LogP contribution is 2.25. The van der Waals surface area contributed by atoms with E-state index in [4.69, 9.17) is 14.5 Å². The molecule has 0 aliphatic carbocycles. The monoisotopic (exact) mass is 592 g/mol. The van der Waals surface area contributed by atoms with Crippen LogP contribution in [0.4, 0.5) is 8.78 Å². The fourth-order valence-corrected chi connectivity index (χ4v) is 3.34. The first kappa shape index (κ1) is 30.5. The summed E-state index contributed by atoms with van der Waals surface area (Å²) in [4.78, 5) is 22.1. The van der Waals surface area contributed by atoms with Gasteiger partial charge >= 0.3 is 19.1 Å². The van der Waals surface area contributed by atoms with Crippen LogP contribution in [0, 0.1) is 11.6 Å². The fraction of sp³-hybridized carbons (Fsp3) is 0.154. The number of furan rings is 2. The quantitative estimate of drug-likeness (QED) is 0.254. The summed E-state index contributed by atoms with van der Waals surface area (Å²) < 4.78 is 45.5. The molecule has 0 bridgehead atoms. The molecule has 2 aromatic carbocycles. The third-order valence-electron chi connectivity index (χ3n) is 4.78. The van der Waals surface area contributed by atoms with Crippen LogP contribution in [0.1, 0.15) is 11.1 Å². The fourth-order valence-electron chi connectivity index (χ4n) is 2.95. The number of ether oxygens (including phenoxy) is 2. The third kappa shape index (κ3) is 9.96. The Labute approximate surface area is 226 Å². The summed E-state index contributed by atoms with van der Waals surface area (Å²) in [5.41, 5.74) is 2.01. The Bertz CT molecular complexity index is 1290. The van der Waals surface area contributed by atoms with E-state index >= 15 is 0 Å². The Balaban J connectivity index is 0.000000214. The van der Waals surface area contributed by atoms with Crippen molar-refractivity contribution in [2.24, 2.45) is 0 Å². The average Bonchev–Trinajstić information content (AvgIpc) is 3.62. The molecule has 12 heteroatoms. The second-order valence-electron chi connectivity index (χ2n) is 7.41. The van der Waals surface area contributed by atoms with Crippen LogP contribution in [0.3, 0.4) is 0 Å². The molecule has 38 heavy (non-hydrogen) atoms. The number of rotatable bonds is 6. The van der Waals surface area contributed by atoms with E-state index in [1.165, 1.54) is 57.1 Å². The molecular formula is C26H24BBrF2O8. The smallest absolute Gasteiger partial charge is 0.473 e. The van der Waals surface area contributed by atoms with Crippen molar-refractivity contribution in [2.75, 3.05) is 14.2 Å². The van der Waals surface area contributed by atoms with Crippen molar-refractivity contribution < 1.29 is 46.7 Å². The topological polar surface area (TPSA) is 119 Å². The minimum absolute atomic E-state index is 0.0181. The lowest BCUT2D eigenvalue weighted by Gasteiger charge is -2.06. The van der Waals surface area contributed by atoms with Crippen LogP contribution in [-0.2, 0) is 31.9 Å². The van der Waals surface area contributed by atoms with E-state index in [2.05, 4.69) is 29.8 Å². The van der Waals surface area contributed by atoms with Gasteiger partial charge in [0.25, 0.3) is 0 Å². The van der Waals surface area contributed by atoms with E-state index in [9.17, 15) is 18.4 Å². The van der Waals surface area contributed by atoms with E-state index in [1.807, 2.05) is 0 Å². The largest absolute Gasteiger partial charge is 0.526 e. The maximum absolute atomic E-state index is 13.2. The molecule has 0 unspecified atom stereocenters. The van der Waals surface area contributed by atoms with Gasteiger partial charge in [0.1, 0.15) is 23.1 Å². The lowest BCUT2D eigenvalue weighted by Crippen LogP contribution is -2.27. The summed E-state index contributed by atoms with van der Waals surface area (Å²) in [5.74, 6) is -0.945. The van der Waals surface area contributed by atoms with Gasteiger partial charge in [-0.1, -0.05) is 15.9 Å². The molecule has 8 nitrogen and oxygen atoms in total. The Morgan fingerprint density at radius 3 is 1.89 bits per heavy atom. The van der Waals surface area contributed by atoms with Crippen molar-refractivity contribution in [3.8, 4) is 11.3 Å². The number of esters is 2. The second-order valence-corrected chi connectivity index (χ2v) is 8.26. The minimum atomic E-state index is -1.48. The summed E-state index contributed by atoms with van der Waals surface area (Å²) >= 11 is 3.21. The van der Waals surface area contributed by atoms with E-state index in [0.29, 0.717) is 26.9 Å². The van der Waals surface area contributed by atoms with Crippen LogP contribution >= 0.6 is 15.9 Å². The molecule has 4 rings (SSSR count). The Hall–Kier alpha value is -3.74. The summed E-state index contributed by atoms with van der Waals surface area (Å²) in [5, 5.41) is 16.7. The Morgan fingerprint density at radius 1 is 0.842 bits per heavy atom. The zero-order valence-electron chi connectivity index (χ0n) is 20.4. The number of hydrogen-bond donors (Lipinski definition) is 2. The number of halogens is 3. The van der Waals surface area contributed by atoms with Gasteiger partial charge in [0.2, 0.25) is 0 Å². The first-order chi connectivity index (χ1) is 18.1. The second kappa shape index (κ2) is 15.5. The van der Waals surface area contributed by atoms with E-state index < -0.39 is 13.1 Å². The van der Waals surface area contributed by atoms with Crippen LogP contribution in [0.15, 0.2) is 86.5 Å². The van der Waals surface area contributed by atoms with Crippen LogP contribution in [0.2, 0.25) is 0 Å². The van der Waals surface area contributed by atoms with Crippen molar-refractivity contribution >= 4 is 40.6 Å². The van der Waals surface area contributed by atoms with Crippen LogP contribution < -0.4 is 5.66 Å². The van der Waals surface area contributed by atoms with Gasteiger partial charge in [-0.3, -0.25) is 9.59 Å². The predicted octanol–water partition coefficient (Wildman–Crippen LogP) is 4.06. The molecule has 2 N–H and O–H groups in total. The first-order valence-corrected chi connectivity index (χ1v) is 11.7. The van der Waals surface area contributed by atoms with Gasteiger partial charge in [-0.05, 0) is 71.8 Å². The average molecular weight is 593 g/mol. The number of methoxy groups -OCH3 is 2. The number of benzene rings is 2. The molecule has 0 atom stereocenters. The normalized spacial score (nSPS) is 9.87. The van der Waals surface area contributed by atoms with Crippen LogP contribution in [0.25, 0.3) is 11.3 Å². The SMILES string of the molecule is COC(=O)Cc1cc(F)ccc1-c1ccco1.COC(=O)Cc1cc(F)ccc1Br.OB(O)c1ccco1. The molecule has 0 aliphatic heterocycles. The summed E-state index contributed by atoms with van der Waals surface area (Å²) in [7, 11) is 1.12. The van der Waals surface area contributed by atoms with Crippen LogP contribution in [-0.4, -0.2) is 43.3 Å². The highest BCUT2D eigenvalue weighted by atomic mass is 79.9. The van der Waals surface area contributed by atoms with Gasteiger partial charge in [-0.15, -0.1) is 0 Å². The Morgan fingerprint density at radius 2 is 1.39 bits per heavy atom. The van der Waals surface area contributed by atoms with Gasteiger partial charge in [0.05, 0.1) is 39.6 Å². The minimum Gasteiger partial charge on any atom is -0.473 e. The molecule has 2 heterocycles. The van der Waals surface area contributed by atoms with Gasteiger partial charge in [0.15, 0.2) is 0 Å². The Kier molecular flexibility index (Phi) is 12.4. The summed E-state index contributed by atoms with van der Waals surface area (Å²) in [6.07, 6.45) is 3.01. The molecule has 0 saturated heterocycles. The van der Waals surface area contributed by atoms with Crippen molar-refractivity contribution in [3.63, 3.8) is 0 Å². The standard InChI is InChI=1S/C13H11FO3.C9H8BrFO2.C4H5BO3/c1-16-13(15)8-9-7-10(14)4-5-11(9)12-3-2-6-17-12;1-13-9(12)5-6-4-7(11)2-3-8(6)10;6-5(7)4-2-1-3-8-4/h2-7H,8H2,1H3;2-4H,5H2,1H3;1-3,6-7H.